The summed E-state index contributed by atoms with van der Waals surface area (Å²) in [6.07, 6.45) is 2.04. The van der Waals surface area contributed by atoms with Gasteiger partial charge < -0.3 is 10.2 Å². The number of nitrogens with zero attached hydrogens (tertiary/aromatic N) is 1. The van der Waals surface area contributed by atoms with Crippen molar-refractivity contribution in [2.75, 3.05) is 13.1 Å². The van der Waals surface area contributed by atoms with E-state index in [4.69, 9.17) is 0 Å². The van der Waals surface area contributed by atoms with Gasteiger partial charge in [0.25, 0.3) is 5.91 Å². The minimum Gasteiger partial charge on any atom is -0.333 e. The summed E-state index contributed by atoms with van der Waals surface area (Å²) in [5.41, 5.74) is 1.90. The molecule has 1 fully saturated rings. The number of benzene rings is 1. The Kier molecular flexibility index (Phi) is 5.22. The third kappa shape index (κ3) is 3.23. The Labute approximate surface area is 129 Å². The van der Waals surface area contributed by atoms with Crippen molar-refractivity contribution >= 4 is 21.8 Å². The van der Waals surface area contributed by atoms with Crippen LogP contribution in [0.1, 0.15) is 42.6 Å². The highest BCUT2D eigenvalue weighted by molar-refractivity contribution is 9.10. The number of piperazine rings is 1. The van der Waals surface area contributed by atoms with Gasteiger partial charge in [0.05, 0.1) is 5.56 Å². The monoisotopic (exact) mass is 338 g/mol. The van der Waals surface area contributed by atoms with E-state index in [1.54, 1.807) is 0 Å². The highest BCUT2D eigenvalue weighted by Gasteiger charge is 2.30. The van der Waals surface area contributed by atoms with E-state index in [-0.39, 0.29) is 11.9 Å². The Bertz CT molecular complexity index is 489. The Morgan fingerprint density at radius 2 is 2.15 bits per heavy atom. The van der Waals surface area contributed by atoms with Gasteiger partial charge in [-0.25, -0.2) is 0 Å². The topological polar surface area (TPSA) is 32.3 Å². The lowest BCUT2D eigenvalue weighted by molar-refractivity contribution is 0.0575. The van der Waals surface area contributed by atoms with Crippen LogP contribution in [0.2, 0.25) is 0 Å². The number of rotatable bonds is 3. The molecule has 0 aromatic heterocycles. The van der Waals surface area contributed by atoms with Gasteiger partial charge in [-0.2, -0.15) is 0 Å². The molecule has 0 saturated carbocycles. The minimum atomic E-state index is 0.146. The normalized spacial score (nSPS) is 22.9. The standard InChI is InChI=1S/C16H23BrN2O/c1-4-12-10-19(13(5-2)9-18-12)16(20)14-8-11(3)6-7-15(14)17/h6-8,12-13,18H,4-5,9-10H2,1-3H3. The van der Waals surface area contributed by atoms with Crippen molar-refractivity contribution in [2.24, 2.45) is 0 Å². The molecular weight excluding hydrogens is 316 g/mol. The van der Waals surface area contributed by atoms with E-state index in [9.17, 15) is 4.79 Å². The Hall–Kier alpha value is -0.870. The average Bonchev–Trinajstić information content (AvgIpc) is 2.48. The number of amides is 1. The van der Waals surface area contributed by atoms with Crippen LogP contribution < -0.4 is 5.32 Å². The van der Waals surface area contributed by atoms with Crippen LogP contribution >= 0.6 is 15.9 Å². The Morgan fingerprint density at radius 3 is 2.80 bits per heavy atom. The molecule has 110 valence electrons. The van der Waals surface area contributed by atoms with Crippen molar-refractivity contribution in [1.82, 2.24) is 10.2 Å². The predicted molar refractivity (Wildman–Crippen MR) is 86.1 cm³/mol. The first-order valence-corrected chi connectivity index (χ1v) is 8.16. The van der Waals surface area contributed by atoms with Crippen molar-refractivity contribution in [3.05, 3.63) is 33.8 Å². The lowest BCUT2D eigenvalue weighted by atomic mass is 10.0. The third-order valence-corrected chi connectivity index (χ3v) is 4.77. The third-order valence-electron chi connectivity index (χ3n) is 4.08. The number of hydrogen-bond acceptors (Lipinski definition) is 2. The van der Waals surface area contributed by atoms with Crippen LogP contribution in [0.3, 0.4) is 0 Å². The second kappa shape index (κ2) is 6.72. The summed E-state index contributed by atoms with van der Waals surface area (Å²) in [4.78, 5) is 14.9. The van der Waals surface area contributed by atoms with E-state index >= 15 is 0 Å². The maximum Gasteiger partial charge on any atom is 0.255 e. The summed E-state index contributed by atoms with van der Waals surface area (Å²) in [6.45, 7) is 8.02. The number of aryl methyl sites for hydroxylation is 1. The summed E-state index contributed by atoms with van der Waals surface area (Å²) in [5, 5.41) is 3.53. The van der Waals surface area contributed by atoms with Gasteiger partial charge in [-0.3, -0.25) is 4.79 Å². The van der Waals surface area contributed by atoms with Gasteiger partial charge >= 0.3 is 0 Å². The molecule has 3 nitrogen and oxygen atoms in total. The first-order valence-electron chi connectivity index (χ1n) is 7.37. The maximum atomic E-state index is 12.9. The van der Waals surface area contributed by atoms with Crippen LogP contribution in [-0.2, 0) is 0 Å². The minimum absolute atomic E-state index is 0.146. The predicted octanol–water partition coefficient (Wildman–Crippen LogP) is 3.36. The molecule has 1 aromatic rings. The molecule has 0 radical (unpaired) electrons. The Morgan fingerprint density at radius 1 is 1.40 bits per heavy atom. The first kappa shape index (κ1) is 15.5. The van der Waals surface area contributed by atoms with Crippen LogP contribution in [0.15, 0.2) is 22.7 Å². The second-order valence-corrected chi connectivity index (χ2v) is 6.37. The number of carbonyl (C=O) groups excluding carboxylic acids is 1. The van der Waals surface area contributed by atoms with Gasteiger partial charge in [0.2, 0.25) is 0 Å². The highest BCUT2D eigenvalue weighted by atomic mass is 79.9. The highest BCUT2D eigenvalue weighted by Crippen LogP contribution is 2.23. The molecule has 1 N–H and O–H groups in total. The first-order chi connectivity index (χ1) is 9.56. The fourth-order valence-electron chi connectivity index (χ4n) is 2.71. The average molecular weight is 339 g/mol. The number of halogens is 1. The van der Waals surface area contributed by atoms with E-state index in [1.165, 1.54) is 0 Å². The zero-order valence-corrected chi connectivity index (χ0v) is 14.0. The smallest absolute Gasteiger partial charge is 0.255 e. The van der Waals surface area contributed by atoms with Gasteiger partial charge in [-0.1, -0.05) is 25.5 Å². The van der Waals surface area contributed by atoms with E-state index < -0.39 is 0 Å². The van der Waals surface area contributed by atoms with Crippen LogP contribution in [0.5, 0.6) is 0 Å². The van der Waals surface area contributed by atoms with Crippen LogP contribution in [0.4, 0.5) is 0 Å². The summed E-state index contributed by atoms with van der Waals surface area (Å²) in [6, 6.07) is 6.65. The fraction of sp³-hybridized carbons (Fsp3) is 0.562. The lowest BCUT2D eigenvalue weighted by Gasteiger charge is -2.40. The van der Waals surface area contributed by atoms with E-state index in [2.05, 4.69) is 35.1 Å². The molecule has 4 heteroatoms. The van der Waals surface area contributed by atoms with Gasteiger partial charge in [0, 0.05) is 29.6 Å². The van der Waals surface area contributed by atoms with Crippen molar-refractivity contribution in [3.63, 3.8) is 0 Å². The zero-order chi connectivity index (χ0) is 14.7. The van der Waals surface area contributed by atoms with Gasteiger partial charge in [0.1, 0.15) is 0 Å². The summed E-state index contributed by atoms with van der Waals surface area (Å²) < 4.78 is 0.884. The molecule has 1 saturated heterocycles. The SMILES string of the molecule is CCC1CN(C(=O)c2cc(C)ccc2Br)C(CC)CN1. The zero-order valence-electron chi connectivity index (χ0n) is 12.4. The molecule has 2 rings (SSSR count). The molecule has 2 unspecified atom stereocenters. The molecule has 0 aliphatic carbocycles. The maximum absolute atomic E-state index is 12.9. The summed E-state index contributed by atoms with van der Waals surface area (Å²) >= 11 is 3.51. The van der Waals surface area contributed by atoms with Gasteiger partial charge in [0.15, 0.2) is 0 Å². The molecule has 1 amide bonds. The molecule has 20 heavy (non-hydrogen) atoms. The van der Waals surface area contributed by atoms with Crippen molar-refractivity contribution in [2.45, 2.75) is 45.7 Å². The lowest BCUT2D eigenvalue weighted by Crippen LogP contribution is -2.57. The second-order valence-electron chi connectivity index (χ2n) is 5.52. The van der Waals surface area contributed by atoms with E-state index in [1.807, 2.05) is 30.0 Å². The van der Waals surface area contributed by atoms with Crippen molar-refractivity contribution < 1.29 is 4.79 Å². The molecule has 1 aromatic carbocycles. The number of nitrogens with one attached hydrogen (secondary N) is 1. The quantitative estimate of drug-likeness (QED) is 0.916. The van der Waals surface area contributed by atoms with E-state index in [0.717, 1.165) is 41.5 Å². The number of carbonyl (C=O) groups is 1. The van der Waals surface area contributed by atoms with Gasteiger partial charge in [-0.15, -0.1) is 0 Å². The summed E-state index contributed by atoms with van der Waals surface area (Å²) in [5.74, 6) is 0.146. The molecule has 2 atom stereocenters. The molecule has 1 aliphatic rings. The Balaban J connectivity index is 2.26. The van der Waals surface area contributed by atoms with Crippen molar-refractivity contribution in [3.8, 4) is 0 Å². The molecule has 0 bridgehead atoms. The van der Waals surface area contributed by atoms with Crippen LogP contribution in [0.25, 0.3) is 0 Å². The molecule has 1 heterocycles. The number of hydrogen-bond donors (Lipinski definition) is 1. The van der Waals surface area contributed by atoms with Crippen molar-refractivity contribution in [1.29, 1.82) is 0 Å². The molecule has 1 aliphatic heterocycles. The van der Waals surface area contributed by atoms with Crippen LogP contribution in [-0.4, -0.2) is 36.0 Å². The molecular formula is C16H23BrN2O. The van der Waals surface area contributed by atoms with Gasteiger partial charge in [-0.05, 0) is 47.8 Å². The van der Waals surface area contributed by atoms with E-state index in [0.29, 0.717) is 6.04 Å². The fourth-order valence-corrected chi connectivity index (χ4v) is 3.12. The molecule has 0 spiro atoms. The summed E-state index contributed by atoms with van der Waals surface area (Å²) in [7, 11) is 0. The van der Waals surface area contributed by atoms with Crippen LogP contribution in [0, 0.1) is 6.92 Å². The largest absolute Gasteiger partial charge is 0.333 e.